The fraction of sp³-hybridized carbons (Fsp3) is 0.545. The van der Waals surface area contributed by atoms with Gasteiger partial charge in [-0.1, -0.05) is 0 Å². The van der Waals surface area contributed by atoms with E-state index in [-0.39, 0.29) is 22.6 Å². The molecule has 2 heterocycles. The van der Waals surface area contributed by atoms with Gasteiger partial charge in [-0.15, -0.1) is 0 Å². The van der Waals surface area contributed by atoms with Crippen molar-refractivity contribution in [3.63, 3.8) is 0 Å². The minimum atomic E-state index is -3.65. The van der Waals surface area contributed by atoms with E-state index in [1.807, 2.05) is 0 Å². The van der Waals surface area contributed by atoms with Gasteiger partial charge in [0.2, 0.25) is 0 Å². The van der Waals surface area contributed by atoms with Gasteiger partial charge in [0, 0.05) is 35.3 Å². The Morgan fingerprint density at radius 1 is 1.35 bits per heavy atom. The summed E-state index contributed by atoms with van der Waals surface area (Å²) in [7, 11) is -4.64. The molecule has 0 bridgehead atoms. The third-order valence-corrected chi connectivity index (χ3v) is 7.49. The summed E-state index contributed by atoms with van der Waals surface area (Å²) in [5, 5.41) is 0.000352. The van der Waals surface area contributed by atoms with Gasteiger partial charge in [0.05, 0.1) is 0 Å². The highest BCUT2D eigenvalue weighted by atomic mass is 79.9. The zero-order valence-electron chi connectivity index (χ0n) is 10.9. The highest BCUT2D eigenvalue weighted by Crippen LogP contribution is 2.45. The van der Waals surface area contributed by atoms with E-state index in [4.69, 9.17) is 0 Å². The Hall–Kier alpha value is -0.190. The Bertz CT molecular complexity index is 567. The summed E-state index contributed by atoms with van der Waals surface area (Å²) < 4.78 is 46.0. The molecule has 0 aromatic carbocycles. The first-order valence-corrected chi connectivity index (χ1v) is 10.2. The second-order valence-electron chi connectivity index (χ2n) is 4.78. The lowest BCUT2D eigenvalue weighted by Crippen LogP contribution is -2.41. The van der Waals surface area contributed by atoms with Gasteiger partial charge in [-0.2, -0.15) is 14.9 Å². The molecule has 1 fully saturated rings. The number of sulfonamides is 1. The zero-order chi connectivity index (χ0) is 15.0. The van der Waals surface area contributed by atoms with Crippen molar-refractivity contribution in [3.8, 4) is 0 Å². The molecule has 2 N–H and O–H groups in total. The number of halogens is 1. The van der Waals surface area contributed by atoms with Gasteiger partial charge in [0.15, 0.2) is 5.03 Å². The van der Waals surface area contributed by atoms with E-state index in [1.54, 1.807) is 6.07 Å². The predicted molar refractivity (Wildman–Crippen MR) is 82.5 cm³/mol. The lowest BCUT2D eigenvalue weighted by atomic mass is 10.2. The van der Waals surface area contributed by atoms with Crippen molar-refractivity contribution in [2.75, 3.05) is 18.6 Å². The Balaban J connectivity index is 2.16. The molecule has 0 radical (unpaired) electrons. The van der Waals surface area contributed by atoms with Crippen LogP contribution in [0.2, 0.25) is 0 Å². The Morgan fingerprint density at radius 2 is 1.95 bits per heavy atom. The third kappa shape index (κ3) is 3.52. The average molecular weight is 385 g/mol. The van der Waals surface area contributed by atoms with Gasteiger partial charge in [-0.05, 0) is 40.9 Å². The molecule has 0 saturated carbocycles. The maximum atomic E-state index is 12.4. The SMILES string of the molecule is CN(C1CCS(O)(O)CC1)S(=O)(=O)c1ccc(Br)cn1. The largest absolute Gasteiger partial charge is 0.299 e. The monoisotopic (exact) mass is 384 g/mol. The van der Waals surface area contributed by atoms with Crippen LogP contribution in [0.15, 0.2) is 27.8 Å². The van der Waals surface area contributed by atoms with E-state index in [0.717, 1.165) is 0 Å². The summed E-state index contributed by atoms with van der Waals surface area (Å²) in [6.45, 7) is 0. The molecule has 20 heavy (non-hydrogen) atoms. The second kappa shape index (κ2) is 5.90. The average Bonchev–Trinajstić information content (AvgIpc) is 2.38. The minimum Gasteiger partial charge on any atom is -0.299 e. The molecule has 0 unspecified atom stereocenters. The van der Waals surface area contributed by atoms with Gasteiger partial charge < -0.3 is 0 Å². The van der Waals surface area contributed by atoms with Crippen LogP contribution in [0, 0.1) is 0 Å². The maximum absolute atomic E-state index is 12.4. The minimum absolute atomic E-state index is 0.000352. The third-order valence-electron chi connectivity index (χ3n) is 3.41. The zero-order valence-corrected chi connectivity index (χ0v) is 14.2. The molecule has 114 valence electrons. The van der Waals surface area contributed by atoms with Crippen LogP contribution in [0.1, 0.15) is 12.8 Å². The van der Waals surface area contributed by atoms with E-state index in [2.05, 4.69) is 20.9 Å². The molecule has 1 aliphatic heterocycles. The molecule has 1 aromatic heterocycles. The summed E-state index contributed by atoms with van der Waals surface area (Å²) in [4.78, 5) is 3.92. The van der Waals surface area contributed by atoms with Crippen molar-refractivity contribution in [1.82, 2.24) is 9.29 Å². The van der Waals surface area contributed by atoms with Crippen molar-refractivity contribution in [1.29, 1.82) is 0 Å². The molecule has 0 atom stereocenters. The first-order valence-electron chi connectivity index (χ1n) is 6.05. The molecule has 6 nitrogen and oxygen atoms in total. The predicted octanol–water partition coefficient (Wildman–Crippen LogP) is 2.38. The van der Waals surface area contributed by atoms with Gasteiger partial charge in [0.25, 0.3) is 10.0 Å². The van der Waals surface area contributed by atoms with Crippen molar-refractivity contribution in [2.24, 2.45) is 0 Å². The van der Waals surface area contributed by atoms with Gasteiger partial charge in [-0.3, -0.25) is 9.11 Å². The van der Waals surface area contributed by atoms with E-state index in [9.17, 15) is 17.5 Å². The summed E-state index contributed by atoms with van der Waals surface area (Å²) in [5.41, 5.74) is 0. The van der Waals surface area contributed by atoms with E-state index in [1.165, 1.54) is 23.6 Å². The van der Waals surface area contributed by atoms with Crippen molar-refractivity contribution >= 4 is 36.5 Å². The second-order valence-corrected chi connectivity index (χ2v) is 10.1. The highest BCUT2D eigenvalue weighted by Gasteiger charge is 2.33. The fourth-order valence-electron chi connectivity index (χ4n) is 2.12. The number of nitrogens with zero attached hydrogens (tertiary/aromatic N) is 2. The highest BCUT2D eigenvalue weighted by molar-refractivity contribution is 9.10. The first kappa shape index (κ1) is 16.2. The topological polar surface area (TPSA) is 90.7 Å². The molecule has 0 spiro atoms. The van der Waals surface area contributed by atoms with E-state index < -0.39 is 20.6 Å². The number of pyridine rings is 1. The fourth-order valence-corrected chi connectivity index (χ4v) is 5.18. The number of hydrogen-bond donors (Lipinski definition) is 2. The van der Waals surface area contributed by atoms with Crippen LogP contribution in [-0.4, -0.2) is 51.4 Å². The van der Waals surface area contributed by atoms with Gasteiger partial charge in [0.1, 0.15) is 0 Å². The van der Waals surface area contributed by atoms with Crippen LogP contribution < -0.4 is 0 Å². The van der Waals surface area contributed by atoms with Crippen LogP contribution in [0.4, 0.5) is 0 Å². The molecule has 2 rings (SSSR count). The summed E-state index contributed by atoms with van der Waals surface area (Å²) in [5.74, 6) is 0.511. The molecule has 1 saturated heterocycles. The molecular formula is C11H17BrN2O4S2. The molecule has 9 heteroatoms. The van der Waals surface area contributed by atoms with Gasteiger partial charge >= 0.3 is 0 Å². The summed E-state index contributed by atoms with van der Waals surface area (Å²) in [6, 6.07) is 2.86. The standard InChI is InChI=1S/C11H17BrN2O4S2/c1-14(10-4-6-19(15,16)7-5-10)20(17,18)11-3-2-9(12)8-13-11/h2-3,8,10,15-16H,4-7H2,1H3. The number of rotatable bonds is 3. The first-order chi connectivity index (χ1) is 9.22. The van der Waals surface area contributed by atoms with Crippen molar-refractivity contribution in [3.05, 3.63) is 22.8 Å². The lowest BCUT2D eigenvalue weighted by Gasteiger charge is -2.41. The summed E-state index contributed by atoms with van der Waals surface area (Å²) in [6.07, 6.45) is 2.35. The normalized spacial score (nSPS) is 21.9. The van der Waals surface area contributed by atoms with Gasteiger partial charge in [-0.25, -0.2) is 13.4 Å². The van der Waals surface area contributed by atoms with Crippen molar-refractivity contribution < 1.29 is 17.5 Å². The van der Waals surface area contributed by atoms with Crippen LogP contribution in [0.25, 0.3) is 0 Å². The lowest BCUT2D eigenvalue weighted by molar-refractivity contribution is 0.331. The molecule has 1 aromatic rings. The van der Waals surface area contributed by atoms with Crippen molar-refractivity contribution in [2.45, 2.75) is 23.9 Å². The smallest absolute Gasteiger partial charge is 0.260 e. The molecule has 0 amide bonds. The van der Waals surface area contributed by atoms with E-state index >= 15 is 0 Å². The number of aromatic nitrogens is 1. The van der Waals surface area contributed by atoms with Crippen LogP contribution in [-0.2, 0) is 10.0 Å². The quantitative estimate of drug-likeness (QED) is 0.834. The Labute approximate surface area is 128 Å². The molecule has 1 aliphatic rings. The van der Waals surface area contributed by atoms with E-state index in [0.29, 0.717) is 17.3 Å². The Morgan fingerprint density at radius 3 is 2.45 bits per heavy atom. The Kier molecular flexibility index (Phi) is 4.77. The molecule has 0 aliphatic carbocycles. The van der Waals surface area contributed by atoms with Crippen LogP contribution in [0.5, 0.6) is 0 Å². The molecular weight excluding hydrogens is 368 g/mol. The maximum Gasteiger partial charge on any atom is 0.260 e. The van der Waals surface area contributed by atoms with Crippen LogP contribution >= 0.6 is 26.5 Å². The number of hydrogen-bond acceptors (Lipinski definition) is 5. The van der Waals surface area contributed by atoms with Crippen LogP contribution in [0.3, 0.4) is 0 Å². The summed E-state index contributed by atoms with van der Waals surface area (Å²) >= 11 is 3.21.